The topological polar surface area (TPSA) is 53.5 Å². The van der Waals surface area contributed by atoms with Crippen molar-refractivity contribution in [2.45, 2.75) is 30.6 Å². The van der Waals surface area contributed by atoms with Gasteiger partial charge in [0, 0.05) is 30.7 Å². The van der Waals surface area contributed by atoms with E-state index in [1.54, 1.807) is 16.4 Å². The number of pyridine rings is 1. The molecule has 0 bridgehead atoms. The summed E-state index contributed by atoms with van der Waals surface area (Å²) in [6.07, 6.45) is 4.00. The van der Waals surface area contributed by atoms with Crippen LogP contribution in [0.1, 0.15) is 24.8 Å². The lowest BCUT2D eigenvalue weighted by Crippen LogP contribution is -2.35. The minimum Gasteiger partial charge on any atom is -0.326 e. The molecule has 2 aromatic carbocycles. The van der Waals surface area contributed by atoms with Crippen LogP contribution in [0.25, 0.3) is 10.9 Å². The van der Waals surface area contributed by atoms with Gasteiger partial charge in [-0.05, 0) is 61.2 Å². The summed E-state index contributed by atoms with van der Waals surface area (Å²) in [7, 11) is -3.42. The number of benzene rings is 2. The molecular weight excluding hydrogens is 370 g/mol. The van der Waals surface area contributed by atoms with E-state index in [4.69, 9.17) is 4.98 Å². The van der Waals surface area contributed by atoms with Crippen molar-refractivity contribution in [3.8, 4) is 0 Å². The highest BCUT2D eigenvalue weighted by atomic mass is 32.2. The van der Waals surface area contributed by atoms with Crippen molar-refractivity contribution in [2.75, 3.05) is 24.5 Å². The Balaban J connectivity index is 1.49. The highest BCUT2D eigenvalue weighted by molar-refractivity contribution is 7.89. The molecule has 0 N–H and O–H groups in total. The summed E-state index contributed by atoms with van der Waals surface area (Å²) < 4.78 is 27.5. The zero-order valence-electron chi connectivity index (χ0n) is 15.7. The zero-order valence-corrected chi connectivity index (χ0v) is 16.5. The van der Waals surface area contributed by atoms with Gasteiger partial charge in [-0.15, -0.1) is 0 Å². The number of rotatable bonds is 3. The molecule has 0 saturated carbocycles. The normalized spacial score (nSPS) is 17.8. The second-order valence-electron chi connectivity index (χ2n) is 7.52. The van der Waals surface area contributed by atoms with Gasteiger partial charge in [-0.25, -0.2) is 13.4 Å². The van der Waals surface area contributed by atoms with Gasteiger partial charge in [-0.2, -0.15) is 4.31 Å². The van der Waals surface area contributed by atoms with Gasteiger partial charge in [0.05, 0.1) is 10.4 Å². The molecule has 3 heterocycles. The zero-order chi connectivity index (χ0) is 19.1. The number of hydrogen-bond acceptors (Lipinski definition) is 4. The van der Waals surface area contributed by atoms with E-state index in [1.807, 2.05) is 18.2 Å². The SMILES string of the molecule is O=S(=O)(c1ccc2nc(N3CCc4ccccc43)ccc2c1)N1CCCCC1. The Bertz CT molecular complexity index is 1140. The van der Waals surface area contributed by atoms with Crippen LogP contribution in [0.3, 0.4) is 0 Å². The molecule has 2 aliphatic rings. The van der Waals surface area contributed by atoms with Crippen molar-refractivity contribution in [1.82, 2.24) is 9.29 Å². The van der Waals surface area contributed by atoms with Gasteiger partial charge in [0.2, 0.25) is 10.0 Å². The molecule has 1 fully saturated rings. The second-order valence-corrected chi connectivity index (χ2v) is 9.46. The van der Waals surface area contributed by atoms with Crippen molar-refractivity contribution in [2.24, 2.45) is 0 Å². The minimum atomic E-state index is -3.42. The molecule has 1 aromatic heterocycles. The van der Waals surface area contributed by atoms with E-state index in [1.165, 1.54) is 11.3 Å². The Kier molecular flexibility index (Phi) is 4.33. The molecule has 0 amide bonds. The molecule has 3 aromatic rings. The molecule has 0 aliphatic carbocycles. The Labute approximate surface area is 165 Å². The Morgan fingerprint density at radius 3 is 2.54 bits per heavy atom. The van der Waals surface area contributed by atoms with Crippen molar-refractivity contribution < 1.29 is 8.42 Å². The van der Waals surface area contributed by atoms with E-state index in [9.17, 15) is 8.42 Å². The van der Waals surface area contributed by atoms with Gasteiger partial charge in [0.15, 0.2) is 0 Å². The average Bonchev–Trinajstić information content (AvgIpc) is 3.18. The third-order valence-corrected chi connectivity index (χ3v) is 7.66. The fourth-order valence-corrected chi connectivity index (χ4v) is 5.79. The first-order chi connectivity index (χ1) is 13.6. The monoisotopic (exact) mass is 393 g/mol. The van der Waals surface area contributed by atoms with Crippen molar-refractivity contribution in [1.29, 1.82) is 0 Å². The average molecular weight is 394 g/mol. The maximum atomic E-state index is 12.9. The number of fused-ring (bicyclic) bond motifs is 2. The summed E-state index contributed by atoms with van der Waals surface area (Å²) in [5.41, 5.74) is 3.37. The second kappa shape index (κ2) is 6.87. The fraction of sp³-hybridized carbons (Fsp3) is 0.318. The van der Waals surface area contributed by atoms with Gasteiger partial charge >= 0.3 is 0 Å². The van der Waals surface area contributed by atoms with Gasteiger partial charge < -0.3 is 4.90 Å². The lowest BCUT2D eigenvalue weighted by molar-refractivity contribution is 0.346. The lowest BCUT2D eigenvalue weighted by atomic mass is 10.2. The first-order valence-corrected chi connectivity index (χ1v) is 11.3. The number of anilines is 2. The largest absolute Gasteiger partial charge is 0.326 e. The summed E-state index contributed by atoms with van der Waals surface area (Å²) in [5.74, 6) is 0.907. The van der Waals surface area contributed by atoms with Crippen molar-refractivity contribution >= 4 is 32.4 Å². The standard InChI is InChI=1S/C22H23N3O2S/c26-28(27,24-13-4-1-5-14-24)19-9-10-20-18(16-19)8-11-22(23-20)25-15-12-17-6-2-3-7-21(17)25/h2-3,6-11,16H,1,4-5,12-15H2. The molecule has 144 valence electrons. The summed E-state index contributed by atoms with van der Waals surface area (Å²) in [6, 6.07) is 17.7. The van der Waals surface area contributed by atoms with E-state index < -0.39 is 10.0 Å². The summed E-state index contributed by atoms with van der Waals surface area (Å²) in [4.78, 5) is 7.40. The molecule has 6 heteroatoms. The first-order valence-electron chi connectivity index (χ1n) is 9.89. The molecular formula is C22H23N3O2S. The van der Waals surface area contributed by atoms with Crippen LogP contribution in [0.5, 0.6) is 0 Å². The highest BCUT2D eigenvalue weighted by Gasteiger charge is 2.26. The number of aromatic nitrogens is 1. The predicted octanol–water partition coefficient (Wildman–Crippen LogP) is 4.10. The molecule has 0 spiro atoms. The van der Waals surface area contributed by atoms with E-state index in [0.717, 1.165) is 48.9 Å². The number of nitrogens with zero attached hydrogens (tertiary/aromatic N) is 3. The number of sulfonamides is 1. The molecule has 0 radical (unpaired) electrons. The smallest absolute Gasteiger partial charge is 0.243 e. The Morgan fingerprint density at radius 2 is 1.68 bits per heavy atom. The summed E-state index contributed by atoms with van der Waals surface area (Å²) in [6.45, 7) is 2.15. The maximum absolute atomic E-state index is 12.9. The van der Waals surface area contributed by atoms with Crippen LogP contribution in [0.15, 0.2) is 59.5 Å². The van der Waals surface area contributed by atoms with Gasteiger partial charge in [0.25, 0.3) is 0 Å². The number of hydrogen-bond donors (Lipinski definition) is 0. The van der Waals surface area contributed by atoms with Crippen molar-refractivity contribution in [3.05, 3.63) is 60.2 Å². The van der Waals surface area contributed by atoms with Gasteiger partial charge in [-0.1, -0.05) is 24.6 Å². The summed E-state index contributed by atoms with van der Waals surface area (Å²) in [5, 5.41) is 0.856. The molecule has 2 aliphatic heterocycles. The predicted molar refractivity (Wildman–Crippen MR) is 112 cm³/mol. The number of piperidine rings is 1. The van der Waals surface area contributed by atoms with E-state index in [0.29, 0.717) is 18.0 Å². The van der Waals surface area contributed by atoms with Crippen LogP contribution in [-0.2, 0) is 16.4 Å². The number of para-hydroxylation sites is 1. The quantitative estimate of drug-likeness (QED) is 0.672. The van der Waals surface area contributed by atoms with Crippen LogP contribution in [0.4, 0.5) is 11.5 Å². The van der Waals surface area contributed by atoms with Crippen LogP contribution >= 0.6 is 0 Å². The molecule has 5 rings (SSSR count). The van der Waals surface area contributed by atoms with E-state index >= 15 is 0 Å². The van der Waals surface area contributed by atoms with Gasteiger partial charge in [-0.3, -0.25) is 0 Å². The van der Waals surface area contributed by atoms with Crippen molar-refractivity contribution in [3.63, 3.8) is 0 Å². The van der Waals surface area contributed by atoms with E-state index in [2.05, 4.69) is 29.2 Å². The van der Waals surface area contributed by atoms with Gasteiger partial charge in [0.1, 0.15) is 5.82 Å². The molecule has 1 saturated heterocycles. The molecule has 0 unspecified atom stereocenters. The first kappa shape index (κ1) is 17.6. The maximum Gasteiger partial charge on any atom is 0.243 e. The fourth-order valence-electron chi connectivity index (χ4n) is 4.23. The minimum absolute atomic E-state index is 0.364. The van der Waals surface area contributed by atoms with Crippen LogP contribution in [-0.4, -0.2) is 37.3 Å². The summed E-state index contributed by atoms with van der Waals surface area (Å²) >= 11 is 0. The molecule has 0 atom stereocenters. The van der Waals surface area contributed by atoms with Crippen LogP contribution in [0.2, 0.25) is 0 Å². The molecule has 28 heavy (non-hydrogen) atoms. The Hall–Kier alpha value is -2.44. The van der Waals surface area contributed by atoms with Crippen LogP contribution < -0.4 is 4.90 Å². The third kappa shape index (κ3) is 2.97. The van der Waals surface area contributed by atoms with E-state index in [-0.39, 0.29) is 0 Å². The third-order valence-electron chi connectivity index (χ3n) is 5.76. The molecule has 5 nitrogen and oxygen atoms in total. The Morgan fingerprint density at radius 1 is 0.857 bits per heavy atom. The lowest BCUT2D eigenvalue weighted by Gasteiger charge is -2.26. The van der Waals surface area contributed by atoms with Crippen LogP contribution in [0, 0.1) is 0 Å². The highest BCUT2D eigenvalue weighted by Crippen LogP contribution is 2.34.